The molecule has 0 aliphatic carbocycles. The van der Waals surface area contributed by atoms with E-state index in [4.69, 9.17) is 0 Å². The van der Waals surface area contributed by atoms with E-state index in [1.807, 2.05) is 0 Å². The zero-order valence-electron chi connectivity index (χ0n) is 34.7. The van der Waals surface area contributed by atoms with Crippen LogP contribution in [0, 0.1) is 0 Å². The molecular formula is C36H84P4Si4. The van der Waals surface area contributed by atoms with Crippen LogP contribution in [0.4, 0.5) is 0 Å². The molecule has 1 aromatic heterocycles. The van der Waals surface area contributed by atoms with E-state index in [1.54, 1.807) is 0 Å². The topological polar surface area (TPSA) is 0 Å². The van der Waals surface area contributed by atoms with E-state index in [1.165, 1.54) is 0 Å². The summed E-state index contributed by atoms with van der Waals surface area (Å²) < 4.78 is 0. The normalized spacial score (nSPS) is 16.4. The van der Waals surface area contributed by atoms with Crippen molar-refractivity contribution in [3.63, 3.8) is 0 Å². The number of rotatable bonds is 17. The van der Waals surface area contributed by atoms with Gasteiger partial charge in [0.1, 0.15) is 15.5 Å². The molecule has 1 aromatic rings. The molecule has 0 saturated heterocycles. The Bertz CT molecular complexity index is 841. The minimum absolute atomic E-state index is 0.0732. The monoisotopic (exact) mass is 752 g/mol. The van der Waals surface area contributed by atoms with E-state index in [2.05, 4.69) is 166 Å². The lowest BCUT2D eigenvalue weighted by Gasteiger charge is -2.60. The molecule has 2 atom stereocenters. The molecule has 0 radical (unpaired) electrons. The van der Waals surface area contributed by atoms with E-state index in [0.29, 0.717) is 0 Å². The van der Waals surface area contributed by atoms with E-state index in [-0.39, 0.29) is 26.2 Å². The minimum Gasteiger partial charge on any atom is -0.0955 e. The van der Waals surface area contributed by atoms with Crippen molar-refractivity contribution < 1.29 is 0 Å². The van der Waals surface area contributed by atoms with E-state index < -0.39 is 31.0 Å². The first-order valence-corrected chi connectivity index (χ1v) is 39.5. The molecule has 1 heterocycles. The molecule has 264 valence electrons. The summed E-state index contributed by atoms with van der Waals surface area (Å²) in [6.07, 6.45) is 0.367. The first kappa shape index (κ1) is 44.2. The smallest absolute Gasteiger partial charge is 0.0955 e. The predicted molar refractivity (Wildman–Crippen MR) is 232 cm³/mol. The second-order valence-corrected chi connectivity index (χ2v) is 78.9. The molecule has 0 nitrogen and oxygen atoms in total. The van der Waals surface area contributed by atoms with Crippen molar-refractivity contribution in [3.05, 3.63) is 0 Å². The van der Waals surface area contributed by atoms with Gasteiger partial charge in [0, 0.05) is 0 Å². The summed E-state index contributed by atoms with van der Waals surface area (Å²) in [6, 6.07) is 0. The van der Waals surface area contributed by atoms with Crippen LogP contribution in [0.2, 0.25) is 66.5 Å². The lowest BCUT2D eigenvalue weighted by Crippen LogP contribution is -2.53. The van der Waals surface area contributed by atoms with Crippen molar-refractivity contribution >= 4 is 57.1 Å². The maximum atomic E-state index is 2.76. The largest absolute Gasteiger partial charge is 0.125 e. The molecule has 0 fully saturated rings. The van der Waals surface area contributed by atoms with Crippen molar-refractivity contribution in [2.75, 3.05) is 0 Å². The van der Waals surface area contributed by atoms with E-state index in [0.717, 1.165) is 66.5 Å². The van der Waals surface area contributed by atoms with Crippen LogP contribution < -0.4 is 0 Å². The number of hydrogen-bond donors (Lipinski definition) is 0. The molecular weight excluding hydrogens is 669 g/mol. The fourth-order valence-electron chi connectivity index (χ4n) is 12.4. The molecule has 0 saturated carbocycles. The fraction of sp³-hybridized carbons (Fsp3) is 1.00. The molecule has 8 heteroatoms. The zero-order valence-corrected chi connectivity index (χ0v) is 42.3. The summed E-state index contributed by atoms with van der Waals surface area (Å²) in [5.74, 6) is 0. The van der Waals surface area contributed by atoms with Gasteiger partial charge in [-0.25, -0.2) is 0 Å². The second kappa shape index (κ2) is 16.0. The van der Waals surface area contributed by atoms with Crippen molar-refractivity contribution in [1.82, 2.24) is 0 Å². The molecule has 0 spiro atoms. The van der Waals surface area contributed by atoms with Crippen molar-refractivity contribution in [3.8, 4) is 0 Å². The average Bonchev–Trinajstić information content (AvgIpc) is 3.50. The van der Waals surface area contributed by atoms with Crippen LogP contribution in [-0.2, 0) is 0 Å². The van der Waals surface area contributed by atoms with E-state index >= 15 is 0 Å². The minimum atomic E-state index is -1.70. The third-order valence-electron chi connectivity index (χ3n) is 13.2. The molecule has 0 bridgehead atoms. The lowest BCUT2D eigenvalue weighted by atomic mass is 10.5. The molecule has 0 amide bonds. The van der Waals surface area contributed by atoms with Crippen molar-refractivity contribution in [2.45, 2.75) is 233 Å². The van der Waals surface area contributed by atoms with E-state index in [9.17, 15) is 0 Å². The standard InChI is InChI=1S/C36H84P4Si4/c1-25(2)41(26(3)4,27(5)6)38-37(39(38)42(28(7)8,29(9)10)30(11)12)40(43(31(13)14,32(15)16)33(17)18)44(34(19)20,35(21)22)36(23)24/h25-36H,1-24H3. The van der Waals surface area contributed by atoms with Crippen molar-refractivity contribution in [1.29, 1.82) is 0 Å². The summed E-state index contributed by atoms with van der Waals surface area (Å²) >= 11 is 0. The van der Waals surface area contributed by atoms with Gasteiger partial charge in [0.05, 0.1) is 15.5 Å². The molecule has 44 heavy (non-hydrogen) atoms. The van der Waals surface area contributed by atoms with Gasteiger partial charge < -0.3 is 0 Å². The van der Waals surface area contributed by atoms with Gasteiger partial charge in [-0.05, 0) is 66.5 Å². The Balaban J connectivity index is 5.03. The van der Waals surface area contributed by atoms with Crippen LogP contribution in [0.25, 0.3) is 0 Å². The van der Waals surface area contributed by atoms with Crippen molar-refractivity contribution in [2.24, 2.45) is 0 Å². The quantitative estimate of drug-likeness (QED) is 0.110. The average molecular weight is 753 g/mol. The molecule has 1 rings (SSSR count). The highest BCUT2D eigenvalue weighted by Gasteiger charge is 2.68. The zero-order chi connectivity index (χ0) is 35.2. The third kappa shape index (κ3) is 6.55. The highest BCUT2D eigenvalue weighted by atomic mass is 33.0. The van der Waals surface area contributed by atoms with Crippen LogP contribution in [0.1, 0.15) is 166 Å². The third-order valence-corrected chi connectivity index (χ3v) is 140. The molecule has 0 aliphatic rings. The van der Waals surface area contributed by atoms with Gasteiger partial charge in [-0.1, -0.05) is 192 Å². The SMILES string of the molecule is CC(C)[Si](C(C)C)(C(C)C)P(p1p([Si](C(C)C)(C(C)C)C(C)C)p1[Si](C(C)C)(C(C)C)C(C)C)[Si](C(C)C)(C(C)C)C(C)C. The van der Waals surface area contributed by atoms with Gasteiger partial charge >= 0.3 is 0 Å². The Morgan fingerprint density at radius 1 is 0.273 bits per heavy atom. The Morgan fingerprint density at radius 3 is 0.545 bits per heavy atom. The van der Waals surface area contributed by atoms with Crippen LogP contribution in [-0.4, -0.2) is 31.0 Å². The summed E-state index contributed by atoms with van der Waals surface area (Å²) in [5.41, 5.74) is 10.9. The summed E-state index contributed by atoms with van der Waals surface area (Å²) in [4.78, 5) is 0. The van der Waals surface area contributed by atoms with Gasteiger partial charge in [0.15, 0.2) is 0 Å². The maximum absolute atomic E-state index is 2.76. The molecule has 0 aliphatic heterocycles. The van der Waals surface area contributed by atoms with Gasteiger partial charge in [-0.2, -0.15) is 0 Å². The Labute approximate surface area is 288 Å². The Morgan fingerprint density at radius 2 is 0.432 bits per heavy atom. The Kier molecular flexibility index (Phi) is 16.1. The molecule has 0 N–H and O–H groups in total. The maximum Gasteiger partial charge on any atom is 0.125 e. The first-order valence-electron chi connectivity index (χ1n) is 19.0. The van der Waals surface area contributed by atoms with Gasteiger partial charge in [-0.3, -0.25) is 0 Å². The molecule has 2 unspecified atom stereocenters. The van der Waals surface area contributed by atoms with Crippen LogP contribution >= 0.6 is 26.2 Å². The van der Waals surface area contributed by atoms with Gasteiger partial charge in [-0.15, -0.1) is 0 Å². The second-order valence-electron chi connectivity index (χ2n) is 18.6. The van der Waals surface area contributed by atoms with Crippen LogP contribution in [0.3, 0.4) is 0 Å². The highest BCUT2D eigenvalue weighted by molar-refractivity contribution is 9.05. The summed E-state index contributed by atoms with van der Waals surface area (Å²) in [5, 5.41) is 0. The first-order chi connectivity index (χ1) is 19.8. The highest BCUT2D eigenvalue weighted by Crippen LogP contribution is 3.10. The summed E-state index contributed by atoms with van der Waals surface area (Å²) in [7, 11) is -6.56. The molecule has 0 aromatic carbocycles. The van der Waals surface area contributed by atoms with Gasteiger partial charge in [0.25, 0.3) is 0 Å². The van der Waals surface area contributed by atoms with Gasteiger partial charge in [0.2, 0.25) is 0 Å². The van der Waals surface area contributed by atoms with Crippen LogP contribution in [0.5, 0.6) is 0 Å². The fourth-order valence-corrected chi connectivity index (χ4v) is 257. The van der Waals surface area contributed by atoms with Crippen LogP contribution in [0.15, 0.2) is 0 Å². The summed E-state index contributed by atoms with van der Waals surface area (Å²) in [6.45, 7) is 66.4. The predicted octanol–water partition coefficient (Wildman–Crippen LogP) is 18.3. The lowest BCUT2D eigenvalue weighted by molar-refractivity contribution is 0.839. The Hall–Kier alpha value is 2.20. The number of hydrogen-bond acceptors (Lipinski definition) is 0.